The Labute approximate surface area is 142 Å². The van der Waals surface area contributed by atoms with E-state index in [4.69, 9.17) is 4.74 Å². The van der Waals surface area contributed by atoms with E-state index in [2.05, 4.69) is 42.3 Å². The van der Waals surface area contributed by atoms with Crippen molar-refractivity contribution in [1.29, 1.82) is 0 Å². The predicted octanol–water partition coefficient (Wildman–Crippen LogP) is 0.966. The fourth-order valence-corrected chi connectivity index (χ4v) is 3.02. The van der Waals surface area contributed by atoms with E-state index in [-0.39, 0.29) is 6.04 Å². The van der Waals surface area contributed by atoms with Gasteiger partial charge in [-0.3, -0.25) is 0 Å². The fourth-order valence-electron chi connectivity index (χ4n) is 3.02. The van der Waals surface area contributed by atoms with Gasteiger partial charge in [-0.1, -0.05) is 0 Å². The van der Waals surface area contributed by atoms with Crippen molar-refractivity contribution in [3.05, 3.63) is 29.7 Å². The number of methoxy groups -OCH3 is 1. The van der Waals surface area contributed by atoms with Crippen LogP contribution in [-0.2, 0) is 24.1 Å². The molecule has 2 aromatic heterocycles. The van der Waals surface area contributed by atoms with E-state index in [0.717, 1.165) is 62.8 Å². The lowest BCUT2D eigenvalue weighted by molar-refractivity contribution is 0.190. The van der Waals surface area contributed by atoms with Crippen molar-refractivity contribution in [2.45, 2.75) is 38.8 Å². The zero-order chi connectivity index (χ0) is 16.8. The molecule has 0 radical (unpaired) electrons. The molecule has 3 heterocycles. The van der Waals surface area contributed by atoms with Crippen LogP contribution < -0.4 is 10.6 Å². The lowest BCUT2D eigenvalue weighted by Crippen LogP contribution is -2.17. The first kappa shape index (κ1) is 16.8. The number of nitrogens with zero attached hydrogens (tertiary/aromatic N) is 5. The molecule has 8 nitrogen and oxygen atoms in total. The van der Waals surface area contributed by atoms with Gasteiger partial charge in [-0.2, -0.15) is 0 Å². The van der Waals surface area contributed by atoms with Crippen molar-refractivity contribution in [2.75, 3.05) is 32.1 Å². The fraction of sp³-hybridized carbons (Fsp3) is 0.625. The monoisotopic (exact) mass is 331 g/mol. The summed E-state index contributed by atoms with van der Waals surface area (Å²) in [5.41, 5.74) is 2.34. The summed E-state index contributed by atoms with van der Waals surface area (Å²) in [7, 11) is 1.72. The van der Waals surface area contributed by atoms with E-state index in [1.807, 2.05) is 0 Å². The molecule has 0 saturated carbocycles. The molecular formula is C16H25N7O. The number of rotatable bonds is 7. The average molecular weight is 331 g/mol. The minimum Gasteiger partial charge on any atom is -0.385 e. The number of fused-ring (bicyclic) bond motifs is 1. The molecule has 0 aromatic carbocycles. The van der Waals surface area contributed by atoms with Gasteiger partial charge in [0.05, 0.1) is 11.7 Å². The van der Waals surface area contributed by atoms with Crippen molar-refractivity contribution in [3.8, 4) is 0 Å². The van der Waals surface area contributed by atoms with Crippen LogP contribution in [0.15, 0.2) is 12.7 Å². The van der Waals surface area contributed by atoms with Gasteiger partial charge in [-0.15, -0.1) is 10.2 Å². The molecule has 0 spiro atoms. The van der Waals surface area contributed by atoms with Gasteiger partial charge in [0, 0.05) is 38.8 Å². The van der Waals surface area contributed by atoms with E-state index in [1.165, 1.54) is 5.56 Å². The van der Waals surface area contributed by atoms with Crippen LogP contribution in [0.3, 0.4) is 0 Å². The molecule has 3 rings (SSSR count). The second-order valence-electron chi connectivity index (χ2n) is 5.99. The maximum Gasteiger partial charge on any atom is 0.155 e. The lowest BCUT2D eigenvalue weighted by atomic mass is 10.1. The minimum atomic E-state index is 0.0188. The first-order chi connectivity index (χ1) is 11.8. The summed E-state index contributed by atoms with van der Waals surface area (Å²) < 4.78 is 7.19. The van der Waals surface area contributed by atoms with E-state index in [9.17, 15) is 0 Å². The first-order valence-electron chi connectivity index (χ1n) is 8.46. The second kappa shape index (κ2) is 8.16. The van der Waals surface area contributed by atoms with Gasteiger partial charge in [0.2, 0.25) is 0 Å². The van der Waals surface area contributed by atoms with Crippen LogP contribution >= 0.6 is 0 Å². The molecule has 1 aliphatic rings. The maximum atomic E-state index is 5.12. The third-order valence-electron chi connectivity index (χ3n) is 4.26. The van der Waals surface area contributed by atoms with Gasteiger partial charge in [0.25, 0.3) is 0 Å². The molecule has 1 atom stereocenters. The van der Waals surface area contributed by atoms with Crippen LogP contribution in [-0.4, -0.2) is 51.5 Å². The highest BCUT2D eigenvalue weighted by Crippen LogP contribution is 2.22. The van der Waals surface area contributed by atoms with Crippen molar-refractivity contribution in [3.63, 3.8) is 0 Å². The van der Waals surface area contributed by atoms with Gasteiger partial charge in [-0.25, -0.2) is 9.97 Å². The highest BCUT2D eigenvalue weighted by Gasteiger charge is 2.18. The van der Waals surface area contributed by atoms with Crippen LogP contribution in [0.2, 0.25) is 0 Å². The van der Waals surface area contributed by atoms with Crippen LogP contribution in [0.5, 0.6) is 0 Å². The number of ether oxygens (including phenoxy) is 1. The molecule has 0 fully saturated rings. The number of hydrogen-bond donors (Lipinski definition) is 2. The summed E-state index contributed by atoms with van der Waals surface area (Å²) in [6.07, 6.45) is 6.22. The van der Waals surface area contributed by atoms with Crippen molar-refractivity contribution in [1.82, 2.24) is 30.0 Å². The predicted molar refractivity (Wildman–Crippen MR) is 90.9 cm³/mol. The van der Waals surface area contributed by atoms with Crippen LogP contribution in [0.4, 0.5) is 5.82 Å². The summed E-state index contributed by atoms with van der Waals surface area (Å²) in [5.74, 6) is 1.81. The molecule has 0 aliphatic carbocycles. The summed E-state index contributed by atoms with van der Waals surface area (Å²) >= 11 is 0. The second-order valence-corrected chi connectivity index (χ2v) is 5.99. The zero-order valence-corrected chi connectivity index (χ0v) is 14.3. The Bertz CT molecular complexity index is 658. The average Bonchev–Trinajstić information content (AvgIpc) is 2.92. The van der Waals surface area contributed by atoms with Crippen LogP contribution in [0.25, 0.3) is 0 Å². The van der Waals surface area contributed by atoms with Gasteiger partial charge >= 0.3 is 0 Å². The zero-order valence-electron chi connectivity index (χ0n) is 14.3. The number of aromatic nitrogens is 5. The van der Waals surface area contributed by atoms with Crippen LogP contribution in [0, 0.1) is 0 Å². The molecule has 2 aromatic rings. The van der Waals surface area contributed by atoms with E-state index < -0.39 is 0 Å². The van der Waals surface area contributed by atoms with Crippen molar-refractivity contribution >= 4 is 5.82 Å². The Morgan fingerprint density at radius 1 is 1.33 bits per heavy atom. The number of hydrogen-bond acceptors (Lipinski definition) is 7. The summed E-state index contributed by atoms with van der Waals surface area (Å²) in [5, 5.41) is 15.2. The highest BCUT2D eigenvalue weighted by molar-refractivity contribution is 5.47. The molecule has 1 aliphatic heterocycles. The van der Waals surface area contributed by atoms with Crippen LogP contribution in [0.1, 0.15) is 36.5 Å². The molecule has 24 heavy (non-hydrogen) atoms. The van der Waals surface area contributed by atoms with E-state index in [1.54, 1.807) is 19.8 Å². The van der Waals surface area contributed by atoms with Gasteiger partial charge in [0.15, 0.2) is 5.82 Å². The molecule has 0 bridgehead atoms. The standard InChI is InChI=1S/C16H25N7O/c1-12(16-22-20-11-23(16)8-3-9-24-2)21-15-13-4-6-17-7-5-14(13)18-10-19-15/h10-12,17H,3-9H2,1-2H3,(H,18,19,21). The Balaban J connectivity index is 1.74. The molecule has 8 heteroatoms. The molecule has 0 amide bonds. The van der Waals surface area contributed by atoms with Crippen molar-refractivity contribution < 1.29 is 4.74 Å². The molecule has 130 valence electrons. The number of nitrogens with one attached hydrogen (secondary N) is 2. The molecule has 1 unspecified atom stereocenters. The SMILES string of the molecule is COCCCn1cnnc1C(C)Nc1ncnc2c1CCNCC2. The van der Waals surface area contributed by atoms with Gasteiger partial charge < -0.3 is 19.9 Å². The minimum absolute atomic E-state index is 0.0188. The Morgan fingerprint density at radius 3 is 3.08 bits per heavy atom. The highest BCUT2D eigenvalue weighted by atomic mass is 16.5. The summed E-state index contributed by atoms with van der Waals surface area (Å²) in [6, 6.07) is 0.0188. The lowest BCUT2D eigenvalue weighted by Gasteiger charge is -2.18. The Hall–Kier alpha value is -2.06. The topological polar surface area (TPSA) is 89.8 Å². The molecular weight excluding hydrogens is 306 g/mol. The van der Waals surface area contributed by atoms with E-state index in [0.29, 0.717) is 0 Å². The largest absolute Gasteiger partial charge is 0.385 e. The summed E-state index contributed by atoms with van der Waals surface area (Å²) in [6.45, 7) is 5.57. The van der Waals surface area contributed by atoms with E-state index >= 15 is 0 Å². The normalized spacial score (nSPS) is 15.6. The molecule has 2 N–H and O–H groups in total. The van der Waals surface area contributed by atoms with Gasteiger partial charge in [0.1, 0.15) is 18.5 Å². The quantitative estimate of drug-likeness (QED) is 0.731. The smallest absolute Gasteiger partial charge is 0.155 e. The molecule has 0 saturated heterocycles. The number of anilines is 1. The third-order valence-corrected chi connectivity index (χ3v) is 4.26. The Morgan fingerprint density at radius 2 is 2.21 bits per heavy atom. The van der Waals surface area contributed by atoms with Crippen molar-refractivity contribution in [2.24, 2.45) is 0 Å². The Kier molecular flexibility index (Phi) is 5.71. The summed E-state index contributed by atoms with van der Waals surface area (Å²) in [4.78, 5) is 8.90. The van der Waals surface area contributed by atoms with Gasteiger partial charge in [-0.05, 0) is 26.3 Å². The number of aryl methyl sites for hydroxylation is 1. The third kappa shape index (κ3) is 3.88. The first-order valence-corrected chi connectivity index (χ1v) is 8.46. The maximum absolute atomic E-state index is 5.12.